The summed E-state index contributed by atoms with van der Waals surface area (Å²) < 4.78 is 4.87. The van der Waals surface area contributed by atoms with Gasteiger partial charge in [-0.15, -0.1) is 0 Å². The molecule has 1 aromatic carbocycles. The average molecular weight is 372 g/mol. The fourth-order valence-electron chi connectivity index (χ4n) is 1.08. The van der Waals surface area contributed by atoms with Crippen LogP contribution < -0.4 is 0 Å². The van der Waals surface area contributed by atoms with Gasteiger partial charge in [-0.1, -0.05) is 0 Å². The first-order chi connectivity index (χ1) is 6.13. The van der Waals surface area contributed by atoms with Gasteiger partial charge in [0.25, 0.3) is 0 Å². The van der Waals surface area contributed by atoms with Crippen molar-refractivity contribution in [2.75, 3.05) is 0 Å². The van der Waals surface area contributed by atoms with Crippen molar-refractivity contribution in [2.24, 2.45) is 0 Å². The third kappa shape index (κ3) is 2.88. The SMILES string of the molecule is C[CH](C(=O)c1ccccc1)[Bi]([CH3])[CH3]. The molecule has 0 fully saturated rings. The van der Waals surface area contributed by atoms with Crippen LogP contribution in [0.25, 0.3) is 0 Å². The van der Waals surface area contributed by atoms with Crippen molar-refractivity contribution in [2.45, 2.75) is 19.8 Å². The molecule has 13 heavy (non-hydrogen) atoms. The van der Waals surface area contributed by atoms with E-state index in [0.717, 1.165) is 5.56 Å². The van der Waals surface area contributed by atoms with E-state index in [9.17, 15) is 4.79 Å². The summed E-state index contributed by atoms with van der Waals surface area (Å²) in [5.41, 5.74) is 0.874. The number of Topliss-reactive ketones (excluding diaryl/α,β-unsaturated/α-hetero) is 1. The van der Waals surface area contributed by atoms with Crippen LogP contribution in [0.4, 0.5) is 0 Å². The third-order valence-corrected chi connectivity index (χ3v) is 9.15. The molecule has 1 atom stereocenters. The number of hydrogen-bond donors (Lipinski definition) is 0. The summed E-state index contributed by atoms with van der Waals surface area (Å²) in [6.07, 6.45) is 0. The molecule has 0 spiro atoms. The van der Waals surface area contributed by atoms with Crippen LogP contribution in [0, 0.1) is 0 Å². The van der Waals surface area contributed by atoms with Crippen molar-refractivity contribution in [3.8, 4) is 0 Å². The molecule has 0 aliphatic rings. The zero-order valence-corrected chi connectivity index (χ0v) is 11.8. The van der Waals surface area contributed by atoms with Crippen molar-refractivity contribution < 1.29 is 4.79 Å². The molecule has 1 unspecified atom stereocenters. The normalized spacial score (nSPS) is 12.9. The standard InChI is InChI=1S/C9H9O.2CH3.Bi/c1-2-9(10)8-6-4-3-5-7-8;;;/h2-7H,1H3;2*1H3;. The van der Waals surface area contributed by atoms with Gasteiger partial charge in [-0.3, -0.25) is 0 Å². The fraction of sp³-hybridized carbons (Fsp3) is 0.364. The third-order valence-electron chi connectivity index (χ3n) is 2.21. The molecule has 0 N–H and O–H groups in total. The van der Waals surface area contributed by atoms with Gasteiger partial charge < -0.3 is 0 Å². The van der Waals surface area contributed by atoms with Crippen LogP contribution in [0.1, 0.15) is 17.3 Å². The summed E-state index contributed by atoms with van der Waals surface area (Å²) >= 11 is -1.43. The van der Waals surface area contributed by atoms with Gasteiger partial charge in [0.1, 0.15) is 0 Å². The molecule has 1 nitrogen and oxygen atoms in total. The van der Waals surface area contributed by atoms with Gasteiger partial charge in [-0.25, -0.2) is 0 Å². The van der Waals surface area contributed by atoms with Crippen LogP contribution in [0.3, 0.4) is 0 Å². The molecule has 1 aromatic rings. The van der Waals surface area contributed by atoms with Gasteiger partial charge in [-0.05, 0) is 0 Å². The molecule has 2 heteroatoms. The number of ketones is 1. The van der Waals surface area contributed by atoms with Crippen molar-refractivity contribution in [3.05, 3.63) is 35.9 Å². The van der Waals surface area contributed by atoms with E-state index in [1.807, 2.05) is 30.3 Å². The Balaban J connectivity index is 2.80. The van der Waals surface area contributed by atoms with Crippen LogP contribution in [0.15, 0.2) is 30.3 Å². The summed E-state index contributed by atoms with van der Waals surface area (Å²) in [4.78, 5) is 11.8. The molecule has 1 rings (SSSR count). The van der Waals surface area contributed by atoms with E-state index in [1.165, 1.54) is 0 Å². The molecule has 0 aromatic heterocycles. The second-order valence-corrected chi connectivity index (χ2v) is 13.9. The number of benzene rings is 1. The van der Waals surface area contributed by atoms with Gasteiger partial charge in [0.05, 0.1) is 0 Å². The van der Waals surface area contributed by atoms with E-state index in [4.69, 9.17) is 0 Å². The monoisotopic (exact) mass is 372 g/mol. The first-order valence-corrected chi connectivity index (χ1v) is 13.3. The Bertz CT molecular complexity index is 279. The Hall–Kier alpha value is -0.227. The van der Waals surface area contributed by atoms with Gasteiger partial charge in [0.15, 0.2) is 0 Å². The molecule has 0 radical (unpaired) electrons. The predicted molar refractivity (Wildman–Crippen MR) is 57.7 cm³/mol. The summed E-state index contributed by atoms with van der Waals surface area (Å²) in [5, 5.41) is 0. The summed E-state index contributed by atoms with van der Waals surface area (Å²) in [6, 6.07) is 9.61. The van der Waals surface area contributed by atoms with Crippen molar-refractivity contribution >= 4 is 27.5 Å². The van der Waals surface area contributed by atoms with E-state index in [1.54, 1.807) is 0 Å². The Morgan fingerprint density at radius 1 is 1.23 bits per heavy atom. The summed E-state index contributed by atoms with van der Waals surface area (Å²) in [7, 11) is 0. The van der Waals surface area contributed by atoms with Crippen LogP contribution in [-0.4, -0.2) is 27.5 Å². The van der Waals surface area contributed by atoms with Crippen LogP contribution in [0.2, 0.25) is 12.9 Å². The number of carbonyl (C=O) groups is 1. The summed E-state index contributed by atoms with van der Waals surface area (Å²) in [6.45, 7) is 2.08. The number of carbonyl (C=O) groups excluding carboxylic acids is 1. The van der Waals surface area contributed by atoms with E-state index in [2.05, 4.69) is 16.2 Å². The quantitative estimate of drug-likeness (QED) is 0.589. The molecule has 0 amide bonds. The molecular formula is C11H15BiO. The van der Waals surface area contributed by atoms with Crippen LogP contribution in [0.5, 0.6) is 0 Å². The van der Waals surface area contributed by atoms with Gasteiger partial charge in [0, 0.05) is 0 Å². The Labute approximate surface area is 87.8 Å². The molecule has 0 heterocycles. The van der Waals surface area contributed by atoms with Gasteiger partial charge >= 0.3 is 88.0 Å². The Morgan fingerprint density at radius 2 is 1.77 bits per heavy atom. The Kier molecular flexibility index (Phi) is 4.05. The summed E-state index contributed by atoms with van der Waals surface area (Å²) in [5.74, 6) is 0.336. The van der Waals surface area contributed by atoms with Crippen LogP contribution in [-0.2, 0) is 0 Å². The van der Waals surface area contributed by atoms with Crippen molar-refractivity contribution in [1.29, 1.82) is 0 Å². The second kappa shape index (κ2) is 4.86. The predicted octanol–water partition coefficient (Wildman–Crippen LogP) is 3.01. The minimum absolute atomic E-state index is 0.317. The first kappa shape index (κ1) is 10.9. The average Bonchev–Trinajstić information content (AvgIpc) is 2.17. The van der Waals surface area contributed by atoms with Gasteiger partial charge in [0.2, 0.25) is 0 Å². The molecule has 70 valence electrons. The zero-order valence-electron chi connectivity index (χ0n) is 8.32. The molecule has 0 bridgehead atoms. The fourth-order valence-corrected chi connectivity index (χ4v) is 3.48. The van der Waals surface area contributed by atoms with E-state index in [0.29, 0.717) is 9.41 Å². The first-order valence-electron chi connectivity index (χ1n) is 4.38. The molecule has 0 saturated carbocycles. The topological polar surface area (TPSA) is 17.1 Å². The zero-order chi connectivity index (χ0) is 9.84. The molecule has 0 aliphatic carbocycles. The Morgan fingerprint density at radius 3 is 2.23 bits per heavy atom. The van der Waals surface area contributed by atoms with Crippen molar-refractivity contribution in [3.63, 3.8) is 0 Å². The second-order valence-electron chi connectivity index (χ2n) is 3.37. The molecular weight excluding hydrogens is 357 g/mol. The number of hydrogen-bond acceptors (Lipinski definition) is 1. The maximum absolute atomic E-state index is 11.8. The van der Waals surface area contributed by atoms with Crippen LogP contribution >= 0.6 is 0 Å². The minimum atomic E-state index is -1.43. The van der Waals surface area contributed by atoms with Crippen molar-refractivity contribution in [1.82, 2.24) is 0 Å². The van der Waals surface area contributed by atoms with Gasteiger partial charge in [-0.2, -0.15) is 0 Å². The van der Waals surface area contributed by atoms with E-state index >= 15 is 0 Å². The van der Waals surface area contributed by atoms with E-state index < -0.39 is 21.8 Å². The molecule has 0 aliphatic heterocycles. The van der Waals surface area contributed by atoms with E-state index in [-0.39, 0.29) is 0 Å². The molecule has 0 saturated heterocycles. The number of rotatable bonds is 3. The maximum atomic E-state index is 11.8.